The summed E-state index contributed by atoms with van der Waals surface area (Å²) in [6, 6.07) is 12.5. The average molecular weight is 390 g/mol. The highest BCUT2D eigenvalue weighted by atomic mass is 35.5. The van der Waals surface area contributed by atoms with Crippen LogP contribution in [0, 0.1) is 11.3 Å². The van der Waals surface area contributed by atoms with E-state index in [0.29, 0.717) is 29.9 Å². The lowest BCUT2D eigenvalue weighted by Crippen LogP contribution is -2.28. The minimum absolute atomic E-state index is 0.0151. The van der Waals surface area contributed by atoms with Crippen LogP contribution in [0.2, 0.25) is 5.02 Å². The summed E-state index contributed by atoms with van der Waals surface area (Å²) in [7, 11) is -3.69. The number of rotatable bonds is 4. The standard InChI is InChI=1S/C18H16ClN3O3S/c19-16-8-7-15(11-17(16)26(24,25)22-9-1-2-10-22)21-18(23)14-5-3-13(12-20)4-6-14/h3-8,11H,1-2,9-10H2,(H,21,23). The number of carbonyl (C=O) groups is 1. The number of amides is 1. The fourth-order valence-electron chi connectivity index (χ4n) is 2.75. The fraction of sp³-hybridized carbons (Fsp3) is 0.222. The Morgan fingerprint density at radius 1 is 1.12 bits per heavy atom. The molecule has 0 aliphatic carbocycles. The quantitative estimate of drug-likeness (QED) is 0.868. The molecule has 0 spiro atoms. The number of anilines is 1. The highest BCUT2D eigenvalue weighted by Gasteiger charge is 2.29. The van der Waals surface area contributed by atoms with Gasteiger partial charge in [-0.3, -0.25) is 4.79 Å². The molecule has 26 heavy (non-hydrogen) atoms. The predicted octanol–water partition coefficient (Wildman–Crippen LogP) is 3.25. The minimum atomic E-state index is -3.69. The van der Waals surface area contributed by atoms with Crippen molar-refractivity contribution in [3.8, 4) is 6.07 Å². The number of halogens is 1. The third kappa shape index (κ3) is 3.73. The first kappa shape index (κ1) is 18.4. The van der Waals surface area contributed by atoms with Crippen molar-refractivity contribution in [3.63, 3.8) is 0 Å². The molecule has 1 fully saturated rings. The molecular weight excluding hydrogens is 374 g/mol. The monoisotopic (exact) mass is 389 g/mol. The summed E-state index contributed by atoms with van der Waals surface area (Å²) in [4.78, 5) is 12.3. The molecule has 1 amide bonds. The molecule has 1 N–H and O–H groups in total. The molecule has 0 saturated carbocycles. The highest BCUT2D eigenvalue weighted by Crippen LogP contribution is 2.29. The van der Waals surface area contributed by atoms with Crippen LogP contribution in [-0.2, 0) is 10.0 Å². The van der Waals surface area contributed by atoms with Crippen LogP contribution in [0.1, 0.15) is 28.8 Å². The number of carbonyl (C=O) groups excluding carboxylic acids is 1. The Hall–Kier alpha value is -2.40. The van der Waals surface area contributed by atoms with Gasteiger partial charge < -0.3 is 5.32 Å². The summed E-state index contributed by atoms with van der Waals surface area (Å²) in [6.45, 7) is 0.945. The van der Waals surface area contributed by atoms with Crippen LogP contribution >= 0.6 is 11.6 Å². The maximum absolute atomic E-state index is 12.7. The van der Waals surface area contributed by atoms with Gasteiger partial charge in [0.15, 0.2) is 0 Å². The normalized spacial score (nSPS) is 14.8. The Kier molecular flexibility index (Phi) is 5.28. The second-order valence-corrected chi connectivity index (χ2v) is 8.21. The van der Waals surface area contributed by atoms with Gasteiger partial charge in [0.1, 0.15) is 4.90 Å². The van der Waals surface area contributed by atoms with Crippen LogP contribution in [0.4, 0.5) is 5.69 Å². The van der Waals surface area contributed by atoms with Gasteiger partial charge in [0.05, 0.1) is 16.7 Å². The zero-order valence-electron chi connectivity index (χ0n) is 13.8. The molecule has 8 heteroatoms. The van der Waals surface area contributed by atoms with Gasteiger partial charge in [-0.15, -0.1) is 0 Å². The van der Waals surface area contributed by atoms with E-state index in [1.807, 2.05) is 6.07 Å². The van der Waals surface area contributed by atoms with Crippen molar-refractivity contribution in [2.24, 2.45) is 0 Å². The van der Waals surface area contributed by atoms with E-state index < -0.39 is 15.9 Å². The molecule has 1 aliphatic heterocycles. The van der Waals surface area contributed by atoms with Crippen LogP contribution in [0.3, 0.4) is 0 Å². The van der Waals surface area contributed by atoms with Crippen LogP contribution in [-0.4, -0.2) is 31.7 Å². The molecule has 3 rings (SSSR count). The van der Waals surface area contributed by atoms with Crippen LogP contribution < -0.4 is 5.32 Å². The fourth-order valence-corrected chi connectivity index (χ4v) is 4.76. The highest BCUT2D eigenvalue weighted by molar-refractivity contribution is 7.89. The molecule has 0 bridgehead atoms. The maximum atomic E-state index is 12.7. The van der Waals surface area contributed by atoms with Gasteiger partial charge in [-0.05, 0) is 55.3 Å². The van der Waals surface area contributed by atoms with Crippen molar-refractivity contribution in [1.82, 2.24) is 4.31 Å². The summed E-state index contributed by atoms with van der Waals surface area (Å²) in [5, 5.41) is 11.6. The van der Waals surface area contributed by atoms with Gasteiger partial charge in [-0.25, -0.2) is 8.42 Å². The Balaban J connectivity index is 1.85. The van der Waals surface area contributed by atoms with E-state index in [1.54, 1.807) is 18.2 Å². The molecule has 6 nitrogen and oxygen atoms in total. The van der Waals surface area contributed by atoms with Gasteiger partial charge >= 0.3 is 0 Å². The van der Waals surface area contributed by atoms with Crippen molar-refractivity contribution < 1.29 is 13.2 Å². The topological polar surface area (TPSA) is 90.3 Å². The van der Waals surface area contributed by atoms with Crippen LogP contribution in [0.25, 0.3) is 0 Å². The molecule has 0 atom stereocenters. The second-order valence-electron chi connectivity index (χ2n) is 5.90. The molecule has 0 aromatic heterocycles. The van der Waals surface area contributed by atoms with Crippen molar-refractivity contribution in [1.29, 1.82) is 5.26 Å². The Morgan fingerprint density at radius 2 is 1.77 bits per heavy atom. The number of hydrogen-bond acceptors (Lipinski definition) is 4. The van der Waals surface area contributed by atoms with Crippen molar-refractivity contribution in [2.45, 2.75) is 17.7 Å². The largest absolute Gasteiger partial charge is 0.322 e. The van der Waals surface area contributed by atoms with E-state index in [1.165, 1.54) is 28.6 Å². The van der Waals surface area contributed by atoms with E-state index in [9.17, 15) is 13.2 Å². The Labute approximate surface area is 157 Å². The van der Waals surface area contributed by atoms with Gasteiger partial charge in [0, 0.05) is 24.3 Å². The summed E-state index contributed by atoms with van der Waals surface area (Å²) in [5.41, 5.74) is 1.15. The first-order chi connectivity index (χ1) is 12.4. The van der Waals surface area contributed by atoms with Gasteiger partial charge in [-0.1, -0.05) is 11.6 Å². The molecule has 2 aromatic rings. The van der Waals surface area contributed by atoms with E-state index in [-0.39, 0.29) is 9.92 Å². The zero-order valence-corrected chi connectivity index (χ0v) is 15.3. The lowest BCUT2D eigenvalue weighted by molar-refractivity contribution is 0.102. The second kappa shape index (κ2) is 7.46. The van der Waals surface area contributed by atoms with Gasteiger partial charge in [0.2, 0.25) is 10.0 Å². The third-order valence-corrected chi connectivity index (χ3v) is 6.53. The van der Waals surface area contributed by atoms with Crippen molar-refractivity contribution >= 4 is 33.2 Å². The van der Waals surface area contributed by atoms with E-state index in [2.05, 4.69) is 5.32 Å². The number of nitriles is 1. The molecule has 1 aliphatic rings. The van der Waals surface area contributed by atoms with Crippen LogP contribution in [0.5, 0.6) is 0 Å². The Morgan fingerprint density at radius 3 is 2.38 bits per heavy atom. The van der Waals surface area contributed by atoms with E-state index >= 15 is 0 Å². The SMILES string of the molecule is N#Cc1ccc(C(=O)Nc2ccc(Cl)c(S(=O)(=O)N3CCCC3)c2)cc1. The molecule has 1 saturated heterocycles. The number of nitrogens with one attached hydrogen (secondary N) is 1. The molecule has 0 radical (unpaired) electrons. The van der Waals surface area contributed by atoms with Crippen molar-refractivity contribution in [2.75, 3.05) is 18.4 Å². The van der Waals surface area contributed by atoms with Crippen LogP contribution in [0.15, 0.2) is 47.4 Å². The van der Waals surface area contributed by atoms with Gasteiger partial charge in [-0.2, -0.15) is 9.57 Å². The molecule has 2 aromatic carbocycles. The summed E-state index contributed by atoms with van der Waals surface area (Å²) >= 11 is 6.10. The number of benzene rings is 2. The first-order valence-electron chi connectivity index (χ1n) is 8.03. The molecule has 0 unspecified atom stereocenters. The lowest BCUT2D eigenvalue weighted by atomic mass is 10.1. The molecular formula is C18H16ClN3O3S. The van der Waals surface area contributed by atoms with Gasteiger partial charge in [0.25, 0.3) is 5.91 Å². The average Bonchev–Trinajstić information content (AvgIpc) is 3.19. The predicted molar refractivity (Wildman–Crippen MR) is 98.6 cm³/mol. The van der Waals surface area contributed by atoms with E-state index in [4.69, 9.17) is 16.9 Å². The summed E-state index contributed by atoms with van der Waals surface area (Å²) < 4.78 is 26.9. The minimum Gasteiger partial charge on any atom is -0.322 e. The molecule has 1 heterocycles. The summed E-state index contributed by atoms with van der Waals surface area (Å²) in [5.74, 6) is -0.402. The number of nitrogens with zero attached hydrogens (tertiary/aromatic N) is 2. The van der Waals surface area contributed by atoms with Crippen molar-refractivity contribution in [3.05, 3.63) is 58.6 Å². The lowest BCUT2D eigenvalue weighted by Gasteiger charge is -2.17. The Bertz CT molecular complexity index is 976. The summed E-state index contributed by atoms with van der Waals surface area (Å²) in [6.07, 6.45) is 1.65. The maximum Gasteiger partial charge on any atom is 0.255 e. The zero-order chi connectivity index (χ0) is 18.7. The smallest absolute Gasteiger partial charge is 0.255 e. The number of sulfonamides is 1. The third-order valence-electron chi connectivity index (χ3n) is 4.15. The number of hydrogen-bond donors (Lipinski definition) is 1. The molecule has 134 valence electrons. The first-order valence-corrected chi connectivity index (χ1v) is 9.85. The van der Waals surface area contributed by atoms with E-state index in [0.717, 1.165) is 12.8 Å².